The van der Waals surface area contributed by atoms with Crippen LogP contribution >= 0.6 is 0 Å². The van der Waals surface area contributed by atoms with E-state index in [0.29, 0.717) is 16.9 Å². The Labute approximate surface area is 164 Å². The largest absolute Gasteiger partial charge is 0.465 e. The lowest BCUT2D eigenvalue weighted by molar-refractivity contribution is -0.123. The fourth-order valence-corrected chi connectivity index (χ4v) is 2.71. The van der Waals surface area contributed by atoms with E-state index in [1.54, 1.807) is 24.3 Å². The summed E-state index contributed by atoms with van der Waals surface area (Å²) >= 11 is 0. The molecule has 0 radical (unpaired) electrons. The summed E-state index contributed by atoms with van der Waals surface area (Å²) in [5.41, 5.74) is 2.59. The second-order valence-electron chi connectivity index (χ2n) is 6.06. The molecule has 2 amide bonds. The molecule has 2 aromatic carbocycles. The van der Waals surface area contributed by atoms with Crippen molar-refractivity contribution in [1.29, 1.82) is 0 Å². The molecule has 0 aliphatic carbocycles. The molecule has 0 unspecified atom stereocenters. The van der Waals surface area contributed by atoms with E-state index in [0.717, 1.165) is 18.8 Å². The normalized spacial score (nSPS) is 10.1. The number of methoxy groups -OCH3 is 1. The molecule has 0 atom stereocenters. The first-order chi connectivity index (χ1) is 13.5. The summed E-state index contributed by atoms with van der Waals surface area (Å²) in [6, 6.07) is 13.7. The Hall–Kier alpha value is -3.35. The van der Waals surface area contributed by atoms with E-state index < -0.39 is 17.8 Å². The Balaban J connectivity index is 1.87. The maximum absolute atomic E-state index is 12.1. The van der Waals surface area contributed by atoms with Gasteiger partial charge in [-0.25, -0.2) is 4.79 Å². The van der Waals surface area contributed by atoms with Crippen LogP contribution in [0.15, 0.2) is 48.5 Å². The van der Waals surface area contributed by atoms with Crippen molar-refractivity contribution in [3.05, 3.63) is 54.1 Å². The quantitative estimate of drug-likeness (QED) is 0.539. The number of carbonyl (C=O) groups is 3. The molecule has 7 nitrogen and oxygen atoms in total. The van der Waals surface area contributed by atoms with Crippen LogP contribution in [-0.2, 0) is 14.3 Å². The van der Waals surface area contributed by atoms with Crippen LogP contribution in [0.1, 0.15) is 30.6 Å². The van der Waals surface area contributed by atoms with Crippen LogP contribution in [0, 0.1) is 0 Å². The lowest BCUT2D eigenvalue weighted by Gasteiger charge is -2.21. The lowest BCUT2D eigenvalue weighted by atomic mass is 10.2. The molecular formula is C21H25N3O4. The van der Waals surface area contributed by atoms with Gasteiger partial charge in [0.15, 0.2) is 0 Å². The van der Waals surface area contributed by atoms with Crippen LogP contribution in [0.25, 0.3) is 0 Å². The Morgan fingerprint density at radius 1 is 0.821 bits per heavy atom. The van der Waals surface area contributed by atoms with Crippen molar-refractivity contribution >= 4 is 34.8 Å². The molecule has 148 valence electrons. The highest BCUT2D eigenvalue weighted by Crippen LogP contribution is 2.18. The van der Waals surface area contributed by atoms with Crippen LogP contribution in [0.5, 0.6) is 0 Å². The molecule has 0 fully saturated rings. The zero-order valence-electron chi connectivity index (χ0n) is 16.3. The minimum atomic E-state index is -0.454. The van der Waals surface area contributed by atoms with Crippen molar-refractivity contribution in [3.8, 4) is 0 Å². The van der Waals surface area contributed by atoms with Crippen molar-refractivity contribution in [2.24, 2.45) is 0 Å². The van der Waals surface area contributed by atoms with Crippen LogP contribution in [0.2, 0.25) is 0 Å². The van der Waals surface area contributed by atoms with Gasteiger partial charge in [0.1, 0.15) is 6.42 Å². The summed E-state index contributed by atoms with van der Waals surface area (Å²) in [7, 11) is 1.30. The van der Waals surface area contributed by atoms with Crippen molar-refractivity contribution < 1.29 is 19.1 Å². The van der Waals surface area contributed by atoms with E-state index in [1.165, 1.54) is 7.11 Å². The number of carbonyl (C=O) groups excluding carboxylic acids is 3. The molecule has 0 saturated carbocycles. The van der Waals surface area contributed by atoms with Crippen molar-refractivity contribution in [1.82, 2.24) is 0 Å². The molecule has 0 bridgehead atoms. The van der Waals surface area contributed by atoms with Gasteiger partial charge in [0, 0.05) is 30.2 Å². The fourth-order valence-electron chi connectivity index (χ4n) is 2.71. The summed E-state index contributed by atoms with van der Waals surface area (Å²) in [4.78, 5) is 37.7. The van der Waals surface area contributed by atoms with Gasteiger partial charge >= 0.3 is 5.97 Å². The molecule has 0 aliphatic heterocycles. The average molecular weight is 383 g/mol. The van der Waals surface area contributed by atoms with Gasteiger partial charge in [0.05, 0.1) is 12.7 Å². The van der Waals surface area contributed by atoms with Gasteiger partial charge in [0.25, 0.3) is 0 Å². The highest BCUT2D eigenvalue weighted by Gasteiger charge is 2.11. The van der Waals surface area contributed by atoms with Crippen LogP contribution in [0.3, 0.4) is 0 Å². The Morgan fingerprint density at radius 3 is 1.71 bits per heavy atom. The van der Waals surface area contributed by atoms with Crippen LogP contribution in [0.4, 0.5) is 17.1 Å². The number of benzene rings is 2. The molecule has 0 spiro atoms. The third kappa shape index (κ3) is 5.84. The molecule has 28 heavy (non-hydrogen) atoms. The van der Waals surface area contributed by atoms with Gasteiger partial charge in [-0.15, -0.1) is 0 Å². The monoisotopic (exact) mass is 383 g/mol. The maximum Gasteiger partial charge on any atom is 0.337 e. The third-order valence-electron chi connectivity index (χ3n) is 4.19. The molecule has 2 aromatic rings. The zero-order valence-corrected chi connectivity index (χ0v) is 16.3. The van der Waals surface area contributed by atoms with Crippen molar-refractivity contribution in [2.75, 3.05) is 35.7 Å². The number of nitrogens with one attached hydrogen (secondary N) is 2. The van der Waals surface area contributed by atoms with Gasteiger partial charge in [-0.3, -0.25) is 9.59 Å². The topological polar surface area (TPSA) is 87.7 Å². The second kappa shape index (κ2) is 10.1. The lowest BCUT2D eigenvalue weighted by Crippen LogP contribution is -2.22. The van der Waals surface area contributed by atoms with Crippen LogP contribution < -0.4 is 15.5 Å². The van der Waals surface area contributed by atoms with Gasteiger partial charge in [-0.2, -0.15) is 0 Å². The number of anilines is 3. The molecule has 0 heterocycles. The first-order valence-corrected chi connectivity index (χ1v) is 9.09. The van der Waals surface area contributed by atoms with Gasteiger partial charge in [-0.05, 0) is 62.4 Å². The summed E-state index contributed by atoms with van der Waals surface area (Å²) in [6.45, 7) is 5.98. The molecule has 2 N–H and O–H groups in total. The zero-order chi connectivity index (χ0) is 20.5. The average Bonchev–Trinajstić information content (AvgIpc) is 2.70. The van der Waals surface area contributed by atoms with E-state index in [-0.39, 0.29) is 6.42 Å². The Kier molecular flexibility index (Phi) is 7.56. The first kappa shape index (κ1) is 21.0. The first-order valence-electron chi connectivity index (χ1n) is 9.09. The number of ether oxygens (including phenoxy) is 1. The SMILES string of the molecule is CCN(CC)c1ccc(NC(=O)CC(=O)Nc2ccc(C(=O)OC)cc2)cc1. The van der Waals surface area contributed by atoms with Gasteiger partial charge in [-0.1, -0.05) is 0 Å². The van der Waals surface area contributed by atoms with E-state index in [1.807, 2.05) is 24.3 Å². The number of hydrogen-bond acceptors (Lipinski definition) is 5. The summed E-state index contributed by atoms with van der Waals surface area (Å²) in [5, 5.41) is 5.34. The molecule has 7 heteroatoms. The fraction of sp³-hybridized carbons (Fsp3) is 0.286. The highest BCUT2D eigenvalue weighted by atomic mass is 16.5. The summed E-state index contributed by atoms with van der Waals surface area (Å²) in [5.74, 6) is -1.30. The minimum Gasteiger partial charge on any atom is -0.465 e. The number of rotatable bonds is 8. The van der Waals surface area contributed by atoms with Gasteiger partial charge in [0.2, 0.25) is 11.8 Å². The standard InChI is InChI=1S/C21H25N3O4/c1-4-24(5-2)18-12-10-17(11-13-18)23-20(26)14-19(25)22-16-8-6-15(7-9-16)21(27)28-3/h6-13H,4-5,14H2,1-3H3,(H,22,25)(H,23,26). The number of amides is 2. The van der Waals surface area contributed by atoms with Crippen molar-refractivity contribution in [2.45, 2.75) is 20.3 Å². The molecule has 0 aliphatic rings. The van der Waals surface area contributed by atoms with Crippen LogP contribution in [-0.4, -0.2) is 38.0 Å². The van der Waals surface area contributed by atoms with E-state index in [2.05, 4.69) is 34.1 Å². The van der Waals surface area contributed by atoms with E-state index >= 15 is 0 Å². The second-order valence-corrected chi connectivity index (χ2v) is 6.06. The van der Waals surface area contributed by atoms with E-state index in [9.17, 15) is 14.4 Å². The predicted octanol–water partition coefficient (Wildman–Crippen LogP) is 3.29. The minimum absolute atomic E-state index is 0.309. The number of nitrogens with zero attached hydrogens (tertiary/aromatic N) is 1. The number of esters is 1. The molecule has 0 saturated heterocycles. The smallest absolute Gasteiger partial charge is 0.337 e. The van der Waals surface area contributed by atoms with E-state index in [4.69, 9.17) is 0 Å². The summed E-state index contributed by atoms with van der Waals surface area (Å²) < 4.78 is 4.62. The highest BCUT2D eigenvalue weighted by molar-refractivity contribution is 6.08. The number of hydrogen-bond donors (Lipinski definition) is 2. The molecule has 0 aromatic heterocycles. The molecular weight excluding hydrogens is 358 g/mol. The van der Waals surface area contributed by atoms with Crippen molar-refractivity contribution in [3.63, 3.8) is 0 Å². The Morgan fingerprint density at radius 2 is 1.29 bits per heavy atom. The Bertz CT molecular complexity index is 813. The maximum atomic E-state index is 12.1. The van der Waals surface area contributed by atoms with Gasteiger partial charge < -0.3 is 20.3 Å². The summed E-state index contributed by atoms with van der Waals surface area (Å²) in [6.07, 6.45) is -0.309. The predicted molar refractivity (Wildman–Crippen MR) is 110 cm³/mol. The third-order valence-corrected chi connectivity index (χ3v) is 4.19. The molecule has 2 rings (SSSR count).